The van der Waals surface area contributed by atoms with E-state index in [1.54, 1.807) is 31.2 Å². The molecule has 1 saturated heterocycles. The lowest BCUT2D eigenvalue weighted by molar-refractivity contribution is -0.142. The van der Waals surface area contributed by atoms with E-state index in [1.165, 1.54) is 0 Å². The van der Waals surface area contributed by atoms with Crippen LogP contribution >= 0.6 is 0 Å². The number of Topliss-reactive ketones (excluding diaryl/α,β-unsaturated/α-hetero) is 1. The molecule has 0 radical (unpaired) electrons. The number of nitrogens with two attached hydrogens (primary N) is 1. The number of nitrogens with one attached hydrogen (secondary N) is 3. The van der Waals surface area contributed by atoms with E-state index in [0.29, 0.717) is 24.1 Å². The van der Waals surface area contributed by atoms with Crippen molar-refractivity contribution in [3.8, 4) is 0 Å². The van der Waals surface area contributed by atoms with Crippen LogP contribution in [-0.2, 0) is 19.1 Å². The van der Waals surface area contributed by atoms with Gasteiger partial charge in [0.15, 0.2) is 11.6 Å². The molecule has 0 saturated carbocycles. The van der Waals surface area contributed by atoms with E-state index in [0.717, 1.165) is 17.5 Å². The molecule has 3 atom stereocenters. The minimum absolute atomic E-state index is 0.0669. The molecule has 0 spiro atoms. The molecule has 3 aromatic rings. The highest BCUT2D eigenvalue weighted by Gasteiger charge is 2.36. The normalized spacial score (nSPS) is 16.5. The first kappa shape index (κ1) is 30.4. The molecule has 1 amide bonds. The molecule has 10 heteroatoms. The quantitative estimate of drug-likeness (QED) is 0.0690. The second kappa shape index (κ2) is 14.9. The van der Waals surface area contributed by atoms with Crippen LogP contribution in [0.3, 0.4) is 0 Å². The van der Waals surface area contributed by atoms with Gasteiger partial charge in [-0.1, -0.05) is 90.1 Å². The number of rotatable bonds is 13. The van der Waals surface area contributed by atoms with Crippen molar-refractivity contribution in [1.82, 2.24) is 16.0 Å². The summed E-state index contributed by atoms with van der Waals surface area (Å²) in [5.74, 6) is -1.66. The van der Waals surface area contributed by atoms with Gasteiger partial charge in [-0.05, 0) is 43.0 Å². The average Bonchev–Trinajstić information content (AvgIpc) is 3.57. The molecule has 6 N–H and O–H groups in total. The standard InChI is InChI=1S/C32H37N5O5/c1-2-42-26(38)20-35-29(27(21-10-5-3-6-11-21)22-12-7-4-8-13-22)32(40)36-28(30(39)25-14-9-19-34-25)23-15-17-24(18-16-23)31(33)37-41/h3-8,10-13,15-18,25,27-29,34-35,41H,2,9,14,19-20H2,1H3,(H2,33,37)(H,36,40)/t25-,28?,29+/m0/s1. The van der Waals surface area contributed by atoms with Gasteiger partial charge < -0.3 is 26.3 Å². The molecule has 1 fully saturated rings. The Bertz CT molecular complexity index is 1320. The molecule has 42 heavy (non-hydrogen) atoms. The van der Waals surface area contributed by atoms with Crippen molar-refractivity contribution in [2.45, 2.75) is 43.8 Å². The van der Waals surface area contributed by atoms with Crippen LogP contribution < -0.4 is 21.7 Å². The van der Waals surface area contributed by atoms with Crippen molar-refractivity contribution < 1.29 is 24.3 Å². The molecule has 0 bridgehead atoms. The van der Waals surface area contributed by atoms with Crippen molar-refractivity contribution in [1.29, 1.82) is 0 Å². The highest BCUT2D eigenvalue weighted by Crippen LogP contribution is 2.29. The van der Waals surface area contributed by atoms with Gasteiger partial charge in [0.05, 0.1) is 25.2 Å². The summed E-state index contributed by atoms with van der Waals surface area (Å²) in [5.41, 5.74) is 8.48. The maximum Gasteiger partial charge on any atom is 0.319 e. The van der Waals surface area contributed by atoms with E-state index in [4.69, 9.17) is 15.7 Å². The van der Waals surface area contributed by atoms with E-state index in [-0.39, 0.29) is 24.8 Å². The van der Waals surface area contributed by atoms with Gasteiger partial charge in [0, 0.05) is 11.5 Å². The molecule has 0 aromatic heterocycles. The van der Waals surface area contributed by atoms with E-state index < -0.39 is 35.9 Å². The van der Waals surface area contributed by atoms with Crippen molar-refractivity contribution in [2.75, 3.05) is 19.7 Å². The van der Waals surface area contributed by atoms with Crippen molar-refractivity contribution in [3.05, 3.63) is 107 Å². The maximum atomic E-state index is 14.3. The van der Waals surface area contributed by atoms with E-state index in [9.17, 15) is 14.4 Å². The van der Waals surface area contributed by atoms with Gasteiger partial charge in [-0.3, -0.25) is 19.7 Å². The molecular formula is C32H37N5O5. The molecule has 4 rings (SSSR count). The van der Waals surface area contributed by atoms with Gasteiger partial charge in [-0.25, -0.2) is 0 Å². The molecule has 220 valence electrons. The number of ether oxygens (including phenoxy) is 1. The number of carbonyl (C=O) groups excluding carboxylic acids is 3. The van der Waals surface area contributed by atoms with Crippen LogP contribution in [0.1, 0.15) is 54.0 Å². The summed E-state index contributed by atoms with van der Waals surface area (Å²) in [5, 5.41) is 21.4. The van der Waals surface area contributed by atoms with Crippen LogP contribution in [0.2, 0.25) is 0 Å². The average molecular weight is 572 g/mol. The molecular weight excluding hydrogens is 534 g/mol. The predicted octanol–water partition coefficient (Wildman–Crippen LogP) is 2.61. The number of hydrogen-bond donors (Lipinski definition) is 5. The van der Waals surface area contributed by atoms with Crippen LogP contribution in [0, 0.1) is 0 Å². The number of esters is 1. The number of carbonyl (C=O) groups is 3. The third-order valence-electron chi connectivity index (χ3n) is 7.33. The Morgan fingerprint density at radius 1 is 0.976 bits per heavy atom. The van der Waals surface area contributed by atoms with Gasteiger partial charge in [-0.2, -0.15) is 0 Å². The number of benzene rings is 3. The zero-order valence-corrected chi connectivity index (χ0v) is 23.5. The van der Waals surface area contributed by atoms with Crippen molar-refractivity contribution in [2.24, 2.45) is 10.9 Å². The Labute approximate surface area is 245 Å². The molecule has 3 aromatic carbocycles. The Morgan fingerprint density at radius 3 is 2.12 bits per heavy atom. The summed E-state index contributed by atoms with van der Waals surface area (Å²) in [4.78, 5) is 40.4. The molecule has 1 aliphatic heterocycles. The van der Waals surface area contributed by atoms with E-state index >= 15 is 0 Å². The van der Waals surface area contributed by atoms with E-state index in [2.05, 4.69) is 21.1 Å². The van der Waals surface area contributed by atoms with Crippen LogP contribution in [0.5, 0.6) is 0 Å². The van der Waals surface area contributed by atoms with Gasteiger partial charge in [0.2, 0.25) is 5.91 Å². The van der Waals surface area contributed by atoms with Crippen LogP contribution in [-0.4, -0.2) is 60.5 Å². The Balaban J connectivity index is 1.72. The second-order valence-corrected chi connectivity index (χ2v) is 10.1. The maximum absolute atomic E-state index is 14.3. The number of amidine groups is 1. The highest BCUT2D eigenvalue weighted by molar-refractivity contribution is 5.98. The number of amides is 1. The first-order valence-electron chi connectivity index (χ1n) is 14.1. The summed E-state index contributed by atoms with van der Waals surface area (Å²) < 4.78 is 5.13. The lowest BCUT2D eigenvalue weighted by Gasteiger charge is -2.30. The molecule has 1 unspecified atom stereocenters. The fraction of sp³-hybridized carbons (Fsp3) is 0.312. The minimum Gasteiger partial charge on any atom is -0.465 e. The fourth-order valence-corrected chi connectivity index (χ4v) is 5.25. The topological polar surface area (TPSA) is 155 Å². The van der Waals surface area contributed by atoms with Gasteiger partial charge in [-0.15, -0.1) is 0 Å². The third kappa shape index (κ3) is 7.59. The number of nitrogens with zero attached hydrogens (tertiary/aromatic N) is 1. The summed E-state index contributed by atoms with van der Waals surface area (Å²) in [7, 11) is 0. The monoisotopic (exact) mass is 571 g/mol. The lowest BCUT2D eigenvalue weighted by Crippen LogP contribution is -2.52. The summed E-state index contributed by atoms with van der Waals surface area (Å²) in [6, 6.07) is 23.4. The molecule has 1 aliphatic rings. The van der Waals surface area contributed by atoms with Gasteiger partial charge >= 0.3 is 5.97 Å². The summed E-state index contributed by atoms with van der Waals surface area (Å²) >= 11 is 0. The van der Waals surface area contributed by atoms with Crippen molar-refractivity contribution >= 4 is 23.5 Å². The summed E-state index contributed by atoms with van der Waals surface area (Å²) in [6.45, 7) is 2.45. The number of hydrogen-bond acceptors (Lipinski definition) is 8. The lowest BCUT2D eigenvalue weighted by atomic mass is 9.84. The fourth-order valence-electron chi connectivity index (χ4n) is 5.25. The third-order valence-corrected chi connectivity index (χ3v) is 7.33. The predicted molar refractivity (Wildman–Crippen MR) is 159 cm³/mol. The van der Waals surface area contributed by atoms with Gasteiger partial charge in [0.1, 0.15) is 6.04 Å². The SMILES string of the molecule is CCOC(=O)CN[C@@H](C(=O)NC(C(=O)[C@@H]1CCCN1)c1ccc(C(N)=NO)cc1)C(c1ccccc1)c1ccccc1. The molecule has 1 heterocycles. The Kier molecular flexibility index (Phi) is 10.8. The van der Waals surface area contributed by atoms with Crippen LogP contribution in [0.25, 0.3) is 0 Å². The first-order valence-corrected chi connectivity index (χ1v) is 14.1. The first-order chi connectivity index (χ1) is 20.4. The largest absolute Gasteiger partial charge is 0.465 e. The molecule has 0 aliphatic carbocycles. The zero-order chi connectivity index (χ0) is 29.9. The Morgan fingerprint density at radius 2 is 1.60 bits per heavy atom. The van der Waals surface area contributed by atoms with E-state index in [1.807, 2.05) is 60.7 Å². The zero-order valence-electron chi connectivity index (χ0n) is 23.5. The van der Waals surface area contributed by atoms with Gasteiger partial charge in [0.25, 0.3) is 0 Å². The van der Waals surface area contributed by atoms with Crippen molar-refractivity contribution in [3.63, 3.8) is 0 Å². The minimum atomic E-state index is -0.978. The number of ketones is 1. The molecule has 10 nitrogen and oxygen atoms in total. The second-order valence-electron chi connectivity index (χ2n) is 10.1. The summed E-state index contributed by atoms with van der Waals surface area (Å²) in [6.07, 6.45) is 1.52. The van der Waals surface area contributed by atoms with Crippen LogP contribution in [0.15, 0.2) is 90.1 Å². The highest BCUT2D eigenvalue weighted by atomic mass is 16.5. The Hall–Kier alpha value is -4.54. The number of oxime groups is 1. The van der Waals surface area contributed by atoms with Crippen LogP contribution in [0.4, 0.5) is 0 Å². The smallest absolute Gasteiger partial charge is 0.319 e.